The fourth-order valence-corrected chi connectivity index (χ4v) is 4.17. The lowest BCUT2D eigenvalue weighted by molar-refractivity contribution is -0.134. The van der Waals surface area contributed by atoms with Gasteiger partial charge in [0.1, 0.15) is 0 Å². The predicted octanol–water partition coefficient (Wildman–Crippen LogP) is 2.88. The molecule has 0 aliphatic heterocycles. The average molecular weight is 246 g/mol. The number of Topliss-reactive ketones (excluding diaryl/α,β-unsaturated/α-hetero) is 1. The zero-order valence-electron chi connectivity index (χ0n) is 11.0. The Bertz CT molecular complexity index is 407. The number of hydrogen-bond acceptors (Lipinski definition) is 2. The Balaban J connectivity index is 1.89. The standard InChI is InChI=1S/C16H22O2/c1-2-10-7-8-12-9-11-5-3-4-6-13(11)16(18)14(12)15(10)17/h3-4,6,10-12,14-15,17H,2,5,7-9H2,1H3. The van der Waals surface area contributed by atoms with Crippen LogP contribution in [0, 0.1) is 23.7 Å². The van der Waals surface area contributed by atoms with Crippen molar-refractivity contribution < 1.29 is 9.90 Å². The third-order valence-electron chi connectivity index (χ3n) is 5.24. The molecule has 18 heavy (non-hydrogen) atoms. The summed E-state index contributed by atoms with van der Waals surface area (Å²) >= 11 is 0. The van der Waals surface area contributed by atoms with Crippen LogP contribution < -0.4 is 0 Å². The molecule has 2 nitrogen and oxygen atoms in total. The van der Waals surface area contributed by atoms with Crippen LogP contribution in [-0.4, -0.2) is 17.0 Å². The quantitative estimate of drug-likeness (QED) is 0.772. The second-order valence-electron chi connectivity index (χ2n) is 6.10. The largest absolute Gasteiger partial charge is 0.392 e. The van der Waals surface area contributed by atoms with E-state index in [1.54, 1.807) is 0 Å². The van der Waals surface area contributed by atoms with Crippen LogP contribution in [-0.2, 0) is 4.79 Å². The van der Waals surface area contributed by atoms with E-state index in [2.05, 4.69) is 13.0 Å². The monoisotopic (exact) mass is 246 g/mol. The molecule has 0 aromatic carbocycles. The molecule has 0 aromatic heterocycles. The first-order valence-corrected chi connectivity index (χ1v) is 7.31. The maximum atomic E-state index is 12.6. The van der Waals surface area contributed by atoms with Gasteiger partial charge in [-0.2, -0.15) is 0 Å². The van der Waals surface area contributed by atoms with Crippen molar-refractivity contribution in [2.75, 3.05) is 0 Å². The molecule has 3 aliphatic rings. The number of rotatable bonds is 1. The van der Waals surface area contributed by atoms with Gasteiger partial charge in [-0.1, -0.05) is 31.6 Å². The first-order valence-electron chi connectivity index (χ1n) is 7.31. The van der Waals surface area contributed by atoms with Gasteiger partial charge in [-0.3, -0.25) is 4.79 Å². The third-order valence-corrected chi connectivity index (χ3v) is 5.24. The van der Waals surface area contributed by atoms with Crippen molar-refractivity contribution in [3.8, 4) is 0 Å². The van der Waals surface area contributed by atoms with Crippen LogP contribution in [0.2, 0.25) is 0 Å². The minimum atomic E-state index is -0.408. The van der Waals surface area contributed by atoms with Crippen LogP contribution in [0.25, 0.3) is 0 Å². The number of fused-ring (bicyclic) bond motifs is 2. The fourth-order valence-electron chi connectivity index (χ4n) is 4.17. The van der Waals surface area contributed by atoms with Gasteiger partial charge < -0.3 is 5.11 Å². The van der Waals surface area contributed by atoms with E-state index in [1.807, 2.05) is 12.2 Å². The normalized spacial score (nSPS) is 43.1. The lowest BCUT2D eigenvalue weighted by Gasteiger charge is -2.45. The first-order chi connectivity index (χ1) is 8.72. The molecule has 0 bridgehead atoms. The summed E-state index contributed by atoms with van der Waals surface area (Å²) in [6.45, 7) is 2.12. The van der Waals surface area contributed by atoms with Crippen molar-refractivity contribution in [3.63, 3.8) is 0 Å². The van der Waals surface area contributed by atoms with Gasteiger partial charge in [-0.05, 0) is 49.0 Å². The SMILES string of the molecule is CCC1CCC2CC3CC=CC=C3C(=O)C2C1O. The van der Waals surface area contributed by atoms with E-state index >= 15 is 0 Å². The molecule has 0 amide bonds. The van der Waals surface area contributed by atoms with Gasteiger partial charge in [0, 0.05) is 0 Å². The number of allylic oxidation sites excluding steroid dienone is 4. The molecule has 0 radical (unpaired) electrons. The molecule has 0 spiro atoms. The Morgan fingerprint density at radius 2 is 2.22 bits per heavy atom. The van der Waals surface area contributed by atoms with Crippen LogP contribution >= 0.6 is 0 Å². The highest BCUT2D eigenvalue weighted by Crippen LogP contribution is 2.47. The number of hydrogen-bond donors (Lipinski definition) is 1. The van der Waals surface area contributed by atoms with Gasteiger partial charge in [-0.25, -0.2) is 0 Å². The van der Waals surface area contributed by atoms with E-state index in [9.17, 15) is 9.90 Å². The topological polar surface area (TPSA) is 37.3 Å². The number of ketones is 1. The summed E-state index contributed by atoms with van der Waals surface area (Å²) in [6, 6.07) is 0. The molecule has 5 atom stereocenters. The predicted molar refractivity (Wildman–Crippen MR) is 71.0 cm³/mol. The van der Waals surface area contributed by atoms with Crippen LogP contribution in [0.4, 0.5) is 0 Å². The molecule has 3 aliphatic carbocycles. The van der Waals surface area contributed by atoms with Crippen molar-refractivity contribution in [2.24, 2.45) is 23.7 Å². The molecule has 0 aromatic rings. The van der Waals surface area contributed by atoms with Gasteiger partial charge in [0.25, 0.3) is 0 Å². The molecular formula is C16H22O2. The Hall–Kier alpha value is -0.890. The molecule has 3 rings (SSSR count). The molecule has 0 heterocycles. The Morgan fingerprint density at radius 1 is 1.39 bits per heavy atom. The highest BCUT2D eigenvalue weighted by atomic mass is 16.3. The first kappa shape index (κ1) is 12.2. The van der Waals surface area contributed by atoms with Crippen molar-refractivity contribution in [1.29, 1.82) is 0 Å². The number of carbonyl (C=O) groups excluding carboxylic acids is 1. The maximum Gasteiger partial charge on any atom is 0.165 e. The summed E-state index contributed by atoms with van der Waals surface area (Å²) in [6.07, 6.45) is 11.0. The molecule has 1 N–H and O–H groups in total. The Labute approximate surface area is 109 Å². The average Bonchev–Trinajstić information content (AvgIpc) is 2.39. The van der Waals surface area contributed by atoms with Crippen LogP contribution in [0.5, 0.6) is 0 Å². The summed E-state index contributed by atoms with van der Waals surface area (Å²) < 4.78 is 0. The molecule has 2 fully saturated rings. The van der Waals surface area contributed by atoms with E-state index in [1.165, 1.54) is 0 Å². The minimum absolute atomic E-state index is 0.113. The van der Waals surface area contributed by atoms with Crippen LogP contribution in [0.15, 0.2) is 23.8 Å². The fraction of sp³-hybridized carbons (Fsp3) is 0.688. The van der Waals surface area contributed by atoms with Crippen LogP contribution in [0.1, 0.15) is 39.0 Å². The summed E-state index contributed by atoms with van der Waals surface area (Å²) in [7, 11) is 0. The minimum Gasteiger partial charge on any atom is -0.392 e. The zero-order valence-corrected chi connectivity index (χ0v) is 11.0. The Kier molecular flexibility index (Phi) is 3.14. The van der Waals surface area contributed by atoms with E-state index in [4.69, 9.17) is 0 Å². The van der Waals surface area contributed by atoms with E-state index in [0.717, 1.165) is 37.7 Å². The number of aliphatic hydroxyl groups excluding tert-OH is 1. The van der Waals surface area contributed by atoms with Crippen molar-refractivity contribution >= 4 is 5.78 Å². The van der Waals surface area contributed by atoms with Gasteiger partial charge >= 0.3 is 0 Å². The summed E-state index contributed by atoms with van der Waals surface area (Å²) in [5.74, 6) is 1.30. The number of aliphatic hydroxyl groups is 1. The summed E-state index contributed by atoms with van der Waals surface area (Å²) in [5.41, 5.74) is 0.981. The van der Waals surface area contributed by atoms with Gasteiger partial charge in [0.05, 0.1) is 12.0 Å². The maximum absolute atomic E-state index is 12.6. The lowest BCUT2D eigenvalue weighted by atomic mass is 9.60. The molecule has 5 unspecified atom stereocenters. The van der Waals surface area contributed by atoms with E-state index in [-0.39, 0.29) is 11.7 Å². The molecule has 98 valence electrons. The number of carbonyl (C=O) groups is 1. The summed E-state index contributed by atoms with van der Waals surface area (Å²) in [4.78, 5) is 12.6. The molecule has 2 heteroatoms. The van der Waals surface area contributed by atoms with Gasteiger partial charge in [0.2, 0.25) is 0 Å². The Morgan fingerprint density at radius 3 is 3.00 bits per heavy atom. The highest BCUT2D eigenvalue weighted by Gasteiger charge is 2.47. The molecular weight excluding hydrogens is 224 g/mol. The lowest BCUT2D eigenvalue weighted by Crippen LogP contribution is -2.48. The molecule has 2 saturated carbocycles. The molecule has 0 saturated heterocycles. The van der Waals surface area contributed by atoms with Crippen molar-refractivity contribution in [1.82, 2.24) is 0 Å². The van der Waals surface area contributed by atoms with Gasteiger partial charge in [-0.15, -0.1) is 0 Å². The smallest absolute Gasteiger partial charge is 0.165 e. The zero-order chi connectivity index (χ0) is 12.7. The van der Waals surface area contributed by atoms with E-state index < -0.39 is 6.10 Å². The van der Waals surface area contributed by atoms with E-state index in [0.29, 0.717) is 17.8 Å². The van der Waals surface area contributed by atoms with Crippen molar-refractivity contribution in [3.05, 3.63) is 23.8 Å². The second kappa shape index (κ2) is 4.65. The second-order valence-corrected chi connectivity index (χ2v) is 6.10. The summed E-state index contributed by atoms with van der Waals surface area (Å²) in [5, 5.41) is 10.5. The third kappa shape index (κ3) is 1.78. The van der Waals surface area contributed by atoms with Crippen molar-refractivity contribution in [2.45, 2.75) is 45.1 Å². The van der Waals surface area contributed by atoms with Crippen LogP contribution in [0.3, 0.4) is 0 Å². The van der Waals surface area contributed by atoms with Gasteiger partial charge in [0.15, 0.2) is 5.78 Å². The highest BCUT2D eigenvalue weighted by molar-refractivity contribution is 5.99.